The molecule has 1 aliphatic rings. The van der Waals surface area contributed by atoms with Gasteiger partial charge in [-0.15, -0.1) is 0 Å². The maximum Gasteiger partial charge on any atom is 0.220 e. The maximum atomic E-state index is 12.1. The topological polar surface area (TPSA) is 50.2 Å². The van der Waals surface area contributed by atoms with Crippen molar-refractivity contribution in [2.45, 2.75) is 32.2 Å². The van der Waals surface area contributed by atoms with Crippen molar-refractivity contribution in [1.82, 2.24) is 20.0 Å². The Morgan fingerprint density at radius 1 is 1.28 bits per heavy atom. The Labute approximate surface area is 150 Å². The summed E-state index contributed by atoms with van der Waals surface area (Å²) in [6, 6.07) is 10.2. The van der Waals surface area contributed by atoms with Gasteiger partial charge in [0.2, 0.25) is 5.91 Å². The summed E-state index contributed by atoms with van der Waals surface area (Å²) in [5.74, 6) is 0.708. The number of likely N-dealkylation sites (tertiary alicyclic amines) is 1. The summed E-state index contributed by atoms with van der Waals surface area (Å²) >= 11 is 0. The van der Waals surface area contributed by atoms with Crippen molar-refractivity contribution in [2.24, 2.45) is 13.0 Å². The highest BCUT2D eigenvalue weighted by atomic mass is 16.1. The minimum Gasteiger partial charge on any atom is -0.356 e. The average Bonchev–Trinajstić information content (AvgIpc) is 3.04. The van der Waals surface area contributed by atoms with Crippen molar-refractivity contribution in [2.75, 3.05) is 19.6 Å². The number of rotatable bonds is 7. The van der Waals surface area contributed by atoms with Gasteiger partial charge in [-0.1, -0.05) is 30.3 Å². The zero-order valence-electron chi connectivity index (χ0n) is 15.0. The van der Waals surface area contributed by atoms with E-state index in [0.717, 1.165) is 32.6 Å². The number of carbonyl (C=O) groups is 1. The molecule has 2 aromatic rings. The molecule has 1 saturated heterocycles. The van der Waals surface area contributed by atoms with Crippen LogP contribution in [0.4, 0.5) is 0 Å². The number of benzene rings is 1. The minimum atomic E-state index is 0.160. The molecule has 1 fully saturated rings. The largest absolute Gasteiger partial charge is 0.356 e. The normalized spacial score (nSPS) is 18.2. The van der Waals surface area contributed by atoms with Crippen molar-refractivity contribution < 1.29 is 4.79 Å². The zero-order valence-corrected chi connectivity index (χ0v) is 15.0. The SMILES string of the molecule is Cn1cc(CN2CCCC(CNC(=O)CCc3ccccc3)C2)cn1. The van der Waals surface area contributed by atoms with Gasteiger partial charge in [0.15, 0.2) is 0 Å². The van der Waals surface area contributed by atoms with E-state index in [9.17, 15) is 4.79 Å². The number of nitrogens with one attached hydrogen (secondary N) is 1. The fourth-order valence-electron chi connectivity index (χ4n) is 3.52. The molecule has 0 spiro atoms. The fourth-order valence-corrected chi connectivity index (χ4v) is 3.52. The van der Waals surface area contributed by atoms with E-state index in [-0.39, 0.29) is 5.91 Å². The van der Waals surface area contributed by atoms with E-state index in [4.69, 9.17) is 0 Å². The first-order valence-electron chi connectivity index (χ1n) is 9.19. The van der Waals surface area contributed by atoms with Gasteiger partial charge in [0.25, 0.3) is 0 Å². The van der Waals surface area contributed by atoms with Gasteiger partial charge in [-0.05, 0) is 37.3 Å². The molecular weight excluding hydrogens is 312 g/mol. The van der Waals surface area contributed by atoms with Crippen LogP contribution in [0.2, 0.25) is 0 Å². The molecule has 134 valence electrons. The molecule has 5 nitrogen and oxygen atoms in total. The van der Waals surface area contributed by atoms with Crippen LogP contribution in [-0.4, -0.2) is 40.2 Å². The van der Waals surface area contributed by atoms with E-state index in [1.54, 1.807) is 0 Å². The number of nitrogens with zero attached hydrogens (tertiary/aromatic N) is 3. The predicted octanol–water partition coefficient (Wildman–Crippen LogP) is 2.38. The van der Waals surface area contributed by atoms with Crippen molar-refractivity contribution in [1.29, 1.82) is 0 Å². The molecular formula is C20H28N4O. The summed E-state index contributed by atoms with van der Waals surface area (Å²) in [6.07, 6.45) is 7.79. The van der Waals surface area contributed by atoms with Gasteiger partial charge in [-0.25, -0.2) is 0 Å². The number of hydrogen-bond donors (Lipinski definition) is 1. The lowest BCUT2D eigenvalue weighted by atomic mass is 9.97. The Morgan fingerprint density at radius 3 is 2.88 bits per heavy atom. The van der Waals surface area contributed by atoms with Crippen LogP contribution in [0.1, 0.15) is 30.4 Å². The third-order valence-electron chi connectivity index (χ3n) is 4.84. The standard InChI is InChI=1S/C20H28N4O/c1-23-14-19(13-22-23)16-24-11-5-8-18(15-24)12-21-20(25)10-9-17-6-3-2-4-7-17/h2-4,6-7,13-14,18H,5,8-12,15-16H2,1H3,(H,21,25). The van der Waals surface area contributed by atoms with Gasteiger partial charge < -0.3 is 5.32 Å². The number of piperidine rings is 1. The van der Waals surface area contributed by atoms with Gasteiger partial charge in [0.05, 0.1) is 6.20 Å². The van der Waals surface area contributed by atoms with E-state index in [1.807, 2.05) is 36.1 Å². The summed E-state index contributed by atoms with van der Waals surface area (Å²) in [5.41, 5.74) is 2.48. The molecule has 0 aliphatic carbocycles. The van der Waals surface area contributed by atoms with Crippen LogP contribution in [0.5, 0.6) is 0 Å². The lowest BCUT2D eigenvalue weighted by Crippen LogP contribution is -2.40. The summed E-state index contributed by atoms with van der Waals surface area (Å²) in [6.45, 7) is 3.92. The lowest BCUT2D eigenvalue weighted by molar-refractivity contribution is -0.121. The molecule has 5 heteroatoms. The maximum absolute atomic E-state index is 12.1. The van der Waals surface area contributed by atoms with Crippen LogP contribution in [0.3, 0.4) is 0 Å². The monoisotopic (exact) mass is 340 g/mol. The Hall–Kier alpha value is -2.14. The van der Waals surface area contributed by atoms with Gasteiger partial charge in [-0.3, -0.25) is 14.4 Å². The average molecular weight is 340 g/mol. The van der Waals surface area contributed by atoms with Crippen molar-refractivity contribution in [3.8, 4) is 0 Å². The quantitative estimate of drug-likeness (QED) is 0.842. The van der Waals surface area contributed by atoms with E-state index in [2.05, 4.69) is 33.6 Å². The Bertz CT molecular complexity index is 667. The molecule has 0 radical (unpaired) electrons. The summed E-state index contributed by atoms with van der Waals surface area (Å²) in [4.78, 5) is 14.6. The molecule has 2 heterocycles. The first-order chi connectivity index (χ1) is 12.2. The van der Waals surface area contributed by atoms with Crippen LogP contribution >= 0.6 is 0 Å². The highest BCUT2D eigenvalue weighted by molar-refractivity contribution is 5.76. The first kappa shape index (κ1) is 17.7. The van der Waals surface area contributed by atoms with Crippen molar-refractivity contribution in [3.05, 3.63) is 53.9 Å². The second-order valence-corrected chi connectivity index (χ2v) is 7.06. The third kappa shape index (κ3) is 5.71. The van der Waals surface area contributed by atoms with Crippen molar-refractivity contribution in [3.63, 3.8) is 0 Å². The van der Waals surface area contributed by atoms with Gasteiger partial charge in [-0.2, -0.15) is 5.10 Å². The molecule has 1 aromatic carbocycles. The van der Waals surface area contributed by atoms with Crippen LogP contribution in [0.25, 0.3) is 0 Å². The Morgan fingerprint density at radius 2 is 2.12 bits per heavy atom. The van der Waals surface area contributed by atoms with E-state index in [0.29, 0.717) is 12.3 Å². The summed E-state index contributed by atoms with van der Waals surface area (Å²) < 4.78 is 1.85. The molecule has 1 atom stereocenters. The molecule has 1 amide bonds. The van der Waals surface area contributed by atoms with Crippen LogP contribution in [0, 0.1) is 5.92 Å². The van der Waals surface area contributed by atoms with Gasteiger partial charge in [0, 0.05) is 44.9 Å². The van der Waals surface area contributed by atoms with E-state index in [1.165, 1.54) is 24.0 Å². The Kier molecular flexibility index (Phi) is 6.23. The molecule has 0 bridgehead atoms. The fraction of sp³-hybridized carbons (Fsp3) is 0.500. The second kappa shape index (κ2) is 8.81. The molecule has 1 N–H and O–H groups in total. The summed E-state index contributed by atoms with van der Waals surface area (Å²) in [7, 11) is 1.95. The molecule has 1 aliphatic heterocycles. The highest BCUT2D eigenvalue weighted by Gasteiger charge is 2.20. The predicted molar refractivity (Wildman–Crippen MR) is 99.0 cm³/mol. The van der Waals surface area contributed by atoms with E-state index >= 15 is 0 Å². The lowest BCUT2D eigenvalue weighted by Gasteiger charge is -2.32. The Balaban J connectivity index is 1.38. The van der Waals surface area contributed by atoms with Crippen molar-refractivity contribution >= 4 is 5.91 Å². The van der Waals surface area contributed by atoms with Crippen LogP contribution < -0.4 is 5.32 Å². The van der Waals surface area contributed by atoms with Crippen LogP contribution in [0.15, 0.2) is 42.7 Å². The number of aromatic nitrogens is 2. The number of hydrogen-bond acceptors (Lipinski definition) is 3. The number of carbonyl (C=O) groups excluding carboxylic acids is 1. The molecule has 1 aromatic heterocycles. The third-order valence-corrected chi connectivity index (χ3v) is 4.84. The summed E-state index contributed by atoms with van der Waals surface area (Å²) in [5, 5.41) is 7.37. The smallest absolute Gasteiger partial charge is 0.220 e. The van der Waals surface area contributed by atoms with Gasteiger partial charge >= 0.3 is 0 Å². The minimum absolute atomic E-state index is 0.160. The molecule has 3 rings (SSSR count). The number of amides is 1. The zero-order chi connectivity index (χ0) is 17.5. The van der Waals surface area contributed by atoms with Crippen LogP contribution in [-0.2, 0) is 24.8 Å². The second-order valence-electron chi connectivity index (χ2n) is 7.06. The molecule has 1 unspecified atom stereocenters. The highest BCUT2D eigenvalue weighted by Crippen LogP contribution is 2.18. The molecule has 0 saturated carbocycles. The first-order valence-corrected chi connectivity index (χ1v) is 9.19. The van der Waals surface area contributed by atoms with Gasteiger partial charge in [0.1, 0.15) is 0 Å². The van der Waals surface area contributed by atoms with E-state index < -0.39 is 0 Å². The number of aryl methyl sites for hydroxylation is 2. The molecule has 25 heavy (non-hydrogen) atoms.